The molecule has 2 amide bonds. The first kappa shape index (κ1) is 30.2. The molecule has 0 bridgehead atoms. The normalized spacial score (nSPS) is 12.7. The molecule has 1 aromatic heterocycles. The van der Waals surface area contributed by atoms with Crippen molar-refractivity contribution in [2.75, 3.05) is 25.4 Å². The van der Waals surface area contributed by atoms with Gasteiger partial charge >= 0.3 is 6.18 Å². The number of hydrogen-bond acceptors (Lipinski definition) is 5. The maximum absolute atomic E-state index is 14.0. The van der Waals surface area contributed by atoms with Gasteiger partial charge in [0.2, 0.25) is 0 Å². The summed E-state index contributed by atoms with van der Waals surface area (Å²) < 4.78 is 70.8. The Labute approximate surface area is 215 Å². The van der Waals surface area contributed by atoms with E-state index in [2.05, 4.69) is 5.10 Å². The van der Waals surface area contributed by atoms with Crippen LogP contribution >= 0.6 is 0 Å². The molecule has 2 aromatic carbocycles. The summed E-state index contributed by atoms with van der Waals surface area (Å²) in [5.74, 6) is -5.15. The van der Waals surface area contributed by atoms with Gasteiger partial charge in [0, 0.05) is 6.54 Å². The molecule has 4 N–H and O–H groups in total. The minimum Gasteiger partial charge on any atom is -0.383 e. The Balaban J connectivity index is 0.00000247. The standard InChI is InChI=1S/C23H22F5N5O3.C2H6/c1-2-32(21(35)18-16(24)9-6-10-17(18)25)13-22(36,23(26,27)28)12-30-20(34)15-11-31-33(19(15)29)14-7-4-3-5-8-14;1-2/h3-11,36H,2,12-13,29H2,1H3,(H,30,34);1-2H3. The molecule has 0 saturated carbocycles. The highest BCUT2D eigenvalue weighted by Gasteiger charge is 2.55. The van der Waals surface area contributed by atoms with E-state index in [-0.39, 0.29) is 11.4 Å². The third-order valence-corrected chi connectivity index (χ3v) is 5.42. The van der Waals surface area contributed by atoms with Crippen LogP contribution in [0.3, 0.4) is 0 Å². The first-order valence-electron chi connectivity index (χ1n) is 11.6. The van der Waals surface area contributed by atoms with Gasteiger partial charge in [0.05, 0.1) is 25.0 Å². The zero-order valence-corrected chi connectivity index (χ0v) is 20.9. The molecular formula is C25H28F5N5O3. The molecule has 0 aliphatic heterocycles. The van der Waals surface area contributed by atoms with Crippen molar-refractivity contribution >= 4 is 17.6 Å². The number of aliphatic hydroxyl groups is 1. The molecule has 1 heterocycles. The number of nitrogen functional groups attached to an aromatic ring is 1. The summed E-state index contributed by atoms with van der Waals surface area (Å²) >= 11 is 0. The average Bonchev–Trinajstić information content (AvgIpc) is 3.28. The number of alkyl halides is 3. The number of amides is 2. The summed E-state index contributed by atoms with van der Waals surface area (Å²) in [4.78, 5) is 25.6. The van der Waals surface area contributed by atoms with Gasteiger partial charge in [-0.15, -0.1) is 0 Å². The van der Waals surface area contributed by atoms with Gasteiger partial charge in [-0.05, 0) is 31.2 Å². The minimum absolute atomic E-state index is 0.158. The van der Waals surface area contributed by atoms with Gasteiger partial charge in [-0.2, -0.15) is 18.3 Å². The Morgan fingerprint density at radius 3 is 2.16 bits per heavy atom. The molecule has 38 heavy (non-hydrogen) atoms. The topological polar surface area (TPSA) is 113 Å². The first-order valence-corrected chi connectivity index (χ1v) is 11.6. The van der Waals surface area contributed by atoms with Crippen molar-refractivity contribution in [1.82, 2.24) is 20.0 Å². The number of aromatic nitrogens is 2. The summed E-state index contributed by atoms with van der Waals surface area (Å²) in [6.45, 7) is 2.06. The Kier molecular flexibility index (Phi) is 9.94. The van der Waals surface area contributed by atoms with Crippen LogP contribution in [-0.4, -0.2) is 63.0 Å². The van der Waals surface area contributed by atoms with Crippen LogP contribution in [0.4, 0.5) is 27.8 Å². The van der Waals surface area contributed by atoms with Gasteiger partial charge in [0.25, 0.3) is 11.8 Å². The molecule has 3 rings (SSSR count). The second kappa shape index (κ2) is 12.5. The van der Waals surface area contributed by atoms with E-state index in [9.17, 15) is 36.6 Å². The van der Waals surface area contributed by atoms with E-state index in [0.717, 1.165) is 24.4 Å². The summed E-state index contributed by atoms with van der Waals surface area (Å²) in [6.07, 6.45) is -4.28. The molecule has 8 nitrogen and oxygen atoms in total. The molecule has 0 spiro atoms. The highest BCUT2D eigenvalue weighted by atomic mass is 19.4. The Hall–Kier alpha value is -4.00. The third kappa shape index (κ3) is 6.46. The zero-order chi connectivity index (χ0) is 28.7. The van der Waals surface area contributed by atoms with Gasteiger partial charge < -0.3 is 21.1 Å². The molecule has 1 unspecified atom stereocenters. The molecule has 0 aliphatic carbocycles. The average molecular weight is 542 g/mol. The molecule has 3 aromatic rings. The SMILES string of the molecule is CC.CCN(CC(O)(CNC(=O)c1cnn(-c2ccccc2)c1N)C(F)(F)F)C(=O)c1c(F)cccc1F. The fraction of sp³-hybridized carbons (Fsp3) is 0.320. The molecule has 0 fully saturated rings. The fourth-order valence-electron chi connectivity index (χ4n) is 3.38. The van der Waals surface area contributed by atoms with Crippen LogP contribution < -0.4 is 11.1 Å². The molecule has 13 heteroatoms. The van der Waals surface area contributed by atoms with Gasteiger partial charge in [0.15, 0.2) is 5.60 Å². The minimum atomic E-state index is -5.33. The molecular weight excluding hydrogens is 513 g/mol. The number of benzene rings is 2. The predicted octanol–water partition coefficient (Wildman–Crippen LogP) is 3.94. The van der Waals surface area contributed by atoms with Gasteiger partial charge in [-0.25, -0.2) is 13.5 Å². The van der Waals surface area contributed by atoms with Crippen molar-refractivity contribution in [3.63, 3.8) is 0 Å². The van der Waals surface area contributed by atoms with Crippen molar-refractivity contribution in [1.29, 1.82) is 0 Å². The number of hydrogen-bond donors (Lipinski definition) is 3. The number of likely N-dealkylation sites (N-methyl/N-ethyl adjacent to an activating group) is 1. The van der Waals surface area contributed by atoms with E-state index in [0.29, 0.717) is 10.6 Å². The van der Waals surface area contributed by atoms with Crippen LogP contribution in [0, 0.1) is 11.6 Å². The van der Waals surface area contributed by atoms with Crippen molar-refractivity contribution in [2.24, 2.45) is 0 Å². The number of halogens is 5. The van der Waals surface area contributed by atoms with E-state index in [1.165, 1.54) is 11.6 Å². The second-order valence-electron chi connectivity index (χ2n) is 7.82. The van der Waals surface area contributed by atoms with Gasteiger partial charge in [0.1, 0.15) is 28.6 Å². The number of rotatable bonds is 8. The second-order valence-corrected chi connectivity index (χ2v) is 7.82. The number of nitrogens with one attached hydrogen (secondary N) is 1. The number of anilines is 1. The highest BCUT2D eigenvalue weighted by Crippen LogP contribution is 2.32. The number of carbonyl (C=O) groups excluding carboxylic acids is 2. The number of para-hydroxylation sites is 1. The van der Waals surface area contributed by atoms with Gasteiger partial charge in [-0.1, -0.05) is 38.1 Å². The predicted molar refractivity (Wildman–Crippen MR) is 131 cm³/mol. The van der Waals surface area contributed by atoms with Crippen LogP contribution in [0.2, 0.25) is 0 Å². The quantitative estimate of drug-likeness (QED) is 0.374. The summed E-state index contributed by atoms with van der Waals surface area (Å²) in [7, 11) is 0. The smallest absolute Gasteiger partial charge is 0.383 e. The molecule has 0 radical (unpaired) electrons. The lowest BCUT2D eigenvalue weighted by Gasteiger charge is -2.35. The van der Waals surface area contributed by atoms with E-state index >= 15 is 0 Å². The summed E-state index contributed by atoms with van der Waals surface area (Å²) in [6, 6.07) is 10.9. The lowest BCUT2D eigenvalue weighted by molar-refractivity contribution is -0.259. The van der Waals surface area contributed by atoms with E-state index < -0.39 is 60.4 Å². The maximum atomic E-state index is 14.0. The van der Waals surface area contributed by atoms with E-state index in [1.54, 1.807) is 30.3 Å². The zero-order valence-electron chi connectivity index (χ0n) is 20.9. The first-order chi connectivity index (χ1) is 17.9. The third-order valence-electron chi connectivity index (χ3n) is 5.42. The molecule has 0 aliphatic rings. The molecule has 0 saturated heterocycles. The fourth-order valence-corrected chi connectivity index (χ4v) is 3.38. The van der Waals surface area contributed by atoms with Crippen molar-refractivity contribution in [3.8, 4) is 5.69 Å². The van der Waals surface area contributed by atoms with Crippen LogP contribution in [0.1, 0.15) is 41.5 Å². The molecule has 1 atom stereocenters. The number of nitrogens with two attached hydrogens (primary N) is 1. The van der Waals surface area contributed by atoms with Crippen molar-refractivity contribution in [3.05, 3.63) is 77.5 Å². The highest BCUT2D eigenvalue weighted by molar-refractivity contribution is 5.98. The number of nitrogens with zero attached hydrogens (tertiary/aromatic N) is 3. The van der Waals surface area contributed by atoms with Crippen molar-refractivity contribution < 1.29 is 36.6 Å². The lowest BCUT2D eigenvalue weighted by Crippen LogP contribution is -2.60. The van der Waals surface area contributed by atoms with Crippen LogP contribution in [-0.2, 0) is 0 Å². The van der Waals surface area contributed by atoms with Crippen LogP contribution in [0.25, 0.3) is 5.69 Å². The maximum Gasteiger partial charge on any atom is 0.420 e. The van der Waals surface area contributed by atoms with E-state index in [1.807, 2.05) is 19.2 Å². The van der Waals surface area contributed by atoms with Crippen LogP contribution in [0.15, 0.2) is 54.7 Å². The number of carbonyl (C=O) groups is 2. The Bertz CT molecular complexity index is 1230. The Morgan fingerprint density at radius 2 is 1.63 bits per heavy atom. The van der Waals surface area contributed by atoms with Crippen molar-refractivity contribution in [2.45, 2.75) is 32.5 Å². The monoisotopic (exact) mass is 541 g/mol. The van der Waals surface area contributed by atoms with Crippen LogP contribution in [0.5, 0.6) is 0 Å². The van der Waals surface area contributed by atoms with E-state index in [4.69, 9.17) is 5.73 Å². The summed E-state index contributed by atoms with van der Waals surface area (Å²) in [5, 5.41) is 16.4. The summed E-state index contributed by atoms with van der Waals surface area (Å²) in [5.41, 5.74) is 1.46. The van der Waals surface area contributed by atoms with Gasteiger partial charge in [-0.3, -0.25) is 9.59 Å². The Morgan fingerprint density at radius 1 is 1.05 bits per heavy atom. The lowest BCUT2D eigenvalue weighted by atomic mass is 10.0. The largest absolute Gasteiger partial charge is 0.420 e. The molecule has 206 valence electrons.